The number of rotatable bonds is 8. The number of aryl methyl sites for hydroxylation is 1. The van der Waals surface area contributed by atoms with Gasteiger partial charge in [-0.15, -0.1) is 0 Å². The van der Waals surface area contributed by atoms with Gasteiger partial charge in [-0.25, -0.2) is 0 Å². The molecule has 0 amide bonds. The zero-order valence-electron chi connectivity index (χ0n) is 20.6. The van der Waals surface area contributed by atoms with Crippen LogP contribution in [0, 0.1) is 6.92 Å². The van der Waals surface area contributed by atoms with Gasteiger partial charge >= 0.3 is 11.9 Å². The van der Waals surface area contributed by atoms with Crippen LogP contribution in [0.2, 0.25) is 5.02 Å². The number of hydrogen-bond donors (Lipinski definition) is 1. The van der Waals surface area contributed by atoms with Crippen LogP contribution >= 0.6 is 11.6 Å². The summed E-state index contributed by atoms with van der Waals surface area (Å²) in [5.41, 5.74) is 7.28. The maximum absolute atomic E-state index is 13.3. The monoisotopic (exact) mass is 493 g/mol. The molecule has 3 aromatic carbocycles. The lowest BCUT2D eigenvalue weighted by molar-refractivity contribution is -0.157. The number of carbonyl (C=O) groups is 2. The molecule has 2 atom stereocenters. The van der Waals surface area contributed by atoms with Crippen molar-refractivity contribution in [2.24, 2.45) is 5.73 Å². The van der Waals surface area contributed by atoms with E-state index in [0.29, 0.717) is 10.6 Å². The molecule has 0 saturated carbocycles. The van der Waals surface area contributed by atoms with E-state index in [-0.39, 0.29) is 12.8 Å². The molecule has 0 bridgehead atoms. The fourth-order valence-electron chi connectivity index (χ4n) is 3.85. The molecule has 0 aliphatic carbocycles. The number of benzene rings is 3. The molecule has 3 aromatic rings. The van der Waals surface area contributed by atoms with Gasteiger partial charge in [-0.2, -0.15) is 0 Å². The van der Waals surface area contributed by atoms with Gasteiger partial charge in [-0.05, 0) is 40.2 Å². The Balaban J connectivity index is 2.00. The third kappa shape index (κ3) is 6.50. The van der Waals surface area contributed by atoms with Crippen LogP contribution in [0.1, 0.15) is 55.9 Å². The van der Waals surface area contributed by atoms with Crippen molar-refractivity contribution in [1.29, 1.82) is 0 Å². The Bertz CT molecular complexity index is 1160. The molecule has 0 saturated heterocycles. The number of halogens is 1. The van der Waals surface area contributed by atoms with Crippen LogP contribution in [0.15, 0.2) is 78.9 Å². The summed E-state index contributed by atoms with van der Waals surface area (Å²) in [6.07, 6.45) is 0.0281. The predicted molar refractivity (Wildman–Crippen MR) is 138 cm³/mol. The van der Waals surface area contributed by atoms with Crippen LogP contribution in [-0.2, 0) is 24.7 Å². The van der Waals surface area contributed by atoms with Crippen molar-refractivity contribution >= 4 is 23.5 Å². The van der Waals surface area contributed by atoms with Gasteiger partial charge in [-0.1, -0.05) is 90.0 Å². The van der Waals surface area contributed by atoms with Gasteiger partial charge in [-0.3, -0.25) is 9.59 Å². The Kier molecular flexibility index (Phi) is 8.36. The Labute approximate surface area is 212 Å². The summed E-state index contributed by atoms with van der Waals surface area (Å²) in [5.74, 6) is -1.06. The third-order valence-electron chi connectivity index (χ3n) is 5.53. The summed E-state index contributed by atoms with van der Waals surface area (Å²) in [7, 11) is 0. The highest BCUT2D eigenvalue weighted by atomic mass is 35.5. The van der Waals surface area contributed by atoms with Crippen molar-refractivity contribution in [2.75, 3.05) is 0 Å². The smallest absolute Gasteiger partial charge is 0.323 e. The van der Waals surface area contributed by atoms with Crippen LogP contribution in [-0.4, -0.2) is 23.6 Å². The Morgan fingerprint density at radius 3 is 2.03 bits per heavy atom. The van der Waals surface area contributed by atoms with Crippen LogP contribution in [0.4, 0.5) is 0 Å². The van der Waals surface area contributed by atoms with Gasteiger partial charge in [0.05, 0.1) is 0 Å². The van der Waals surface area contributed by atoms with Crippen molar-refractivity contribution in [2.45, 2.75) is 57.8 Å². The first-order chi connectivity index (χ1) is 16.5. The lowest BCUT2D eigenvalue weighted by atomic mass is 9.79. The highest BCUT2D eigenvalue weighted by Crippen LogP contribution is 2.43. The van der Waals surface area contributed by atoms with E-state index in [9.17, 15) is 9.59 Å². The molecule has 0 aliphatic heterocycles. The third-order valence-corrected chi connectivity index (χ3v) is 5.86. The Morgan fingerprint density at radius 1 is 0.857 bits per heavy atom. The average Bonchev–Trinajstić information content (AvgIpc) is 2.81. The summed E-state index contributed by atoms with van der Waals surface area (Å²) < 4.78 is 11.7. The SMILES string of the molecule is Cc1ccc(C(OC(=O)CC[C@H](N)C(=O)OC(C)(C)C)(c2ccccc2)c2ccccc2Cl)cc1. The molecule has 0 radical (unpaired) electrons. The summed E-state index contributed by atoms with van der Waals surface area (Å²) in [5, 5.41) is 0.468. The topological polar surface area (TPSA) is 78.6 Å². The number of hydrogen-bond acceptors (Lipinski definition) is 5. The number of nitrogens with two attached hydrogens (primary N) is 1. The van der Waals surface area contributed by atoms with Crippen molar-refractivity contribution in [3.63, 3.8) is 0 Å². The van der Waals surface area contributed by atoms with E-state index in [1.54, 1.807) is 26.8 Å². The average molecular weight is 494 g/mol. The molecule has 6 heteroatoms. The van der Waals surface area contributed by atoms with E-state index in [4.69, 9.17) is 26.8 Å². The van der Waals surface area contributed by atoms with Gasteiger partial charge < -0.3 is 15.2 Å². The normalized spacial score (nSPS) is 14.0. The molecule has 1 unspecified atom stereocenters. The van der Waals surface area contributed by atoms with Gasteiger partial charge in [0.15, 0.2) is 5.60 Å². The lowest BCUT2D eigenvalue weighted by Crippen LogP contribution is -2.39. The van der Waals surface area contributed by atoms with Crippen molar-refractivity contribution in [1.82, 2.24) is 0 Å². The van der Waals surface area contributed by atoms with E-state index in [1.807, 2.05) is 79.7 Å². The second kappa shape index (κ2) is 11.1. The quantitative estimate of drug-likeness (QED) is 0.310. The van der Waals surface area contributed by atoms with Crippen LogP contribution < -0.4 is 5.73 Å². The largest absolute Gasteiger partial charge is 0.459 e. The number of esters is 2. The summed E-state index contributed by atoms with van der Waals surface area (Å²) in [4.78, 5) is 25.6. The first kappa shape index (κ1) is 26.5. The fraction of sp³-hybridized carbons (Fsp3) is 0.310. The molecule has 0 aliphatic rings. The maximum atomic E-state index is 13.3. The minimum absolute atomic E-state index is 0.0642. The molecule has 5 nitrogen and oxygen atoms in total. The lowest BCUT2D eigenvalue weighted by Gasteiger charge is -2.36. The highest BCUT2D eigenvalue weighted by Gasteiger charge is 2.42. The van der Waals surface area contributed by atoms with E-state index in [0.717, 1.165) is 16.7 Å². The second-order valence-corrected chi connectivity index (χ2v) is 9.95. The van der Waals surface area contributed by atoms with E-state index >= 15 is 0 Å². The minimum Gasteiger partial charge on any atom is -0.459 e. The zero-order valence-corrected chi connectivity index (χ0v) is 21.3. The molecule has 0 spiro atoms. The fourth-order valence-corrected chi connectivity index (χ4v) is 4.12. The molecule has 184 valence electrons. The molecular formula is C29H32ClNO4. The van der Waals surface area contributed by atoms with E-state index in [1.165, 1.54) is 0 Å². The maximum Gasteiger partial charge on any atom is 0.323 e. The van der Waals surface area contributed by atoms with Gasteiger partial charge in [0.2, 0.25) is 0 Å². The Morgan fingerprint density at radius 2 is 1.43 bits per heavy atom. The zero-order chi connectivity index (χ0) is 25.6. The van der Waals surface area contributed by atoms with Crippen LogP contribution in [0.5, 0.6) is 0 Å². The second-order valence-electron chi connectivity index (χ2n) is 9.55. The molecule has 35 heavy (non-hydrogen) atoms. The van der Waals surface area contributed by atoms with E-state index in [2.05, 4.69) is 0 Å². The van der Waals surface area contributed by atoms with Crippen LogP contribution in [0.25, 0.3) is 0 Å². The van der Waals surface area contributed by atoms with Gasteiger partial charge in [0.1, 0.15) is 11.6 Å². The van der Waals surface area contributed by atoms with Crippen molar-refractivity contribution < 1.29 is 19.1 Å². The standard InChI is InChI=1S/C29H32ClNO4/c1-20-14-16-22(17-15-20)29(21-10-6-5-7-11-21,23-12-8-9-13-24(23)30)34-26(32)19-18-25(31)27(33)35-28(2,3)4/h5-17,25H,18-19,31H2,1-4H3/t25-,29?/m0/s1. The van der Waals surface area contributed by atoms with Crippen molar-refractivity contribution in [3.8, 4) is 0 Å². The number of ether oxygens (including phenoxy) is 2. The number of carbonyl (C=O) groups excluding carboxylic acids is 2. The molecular weight excluding hydrogens is 462 g/mol. The first-order valence-corrected chi connectivity index (χ1v) is 12.0. The first-order valence-electron chi connectivity index (χ1n) is 11.6. The molecule has 0 heterocycles. The summed E-state index contributed by atoms with van der Waals surface area (Å²) in [6.45, 7) is 7.30. The van der Waals surface area contributed by atoms with Gasteiger partial charge in [0, 0.05) is 28.1 Å². The molecule has 0 aromatic heterocycles. The summed E-state index contributed by atoms with van der Waals surface area (Å²) >= 11 is 6.68. The molecule has 3 rings (SSSR count). The molecule has 2 N–H and O–H groups in total. The summed E-state index contributed by atoms with van der Waals surface area (Å²) in [6, 6.07) is 23.7. The Hall–Kier alpha value is -3.15. The highest BCUT2D eigenvalue weighted by molar-refractivity contribution is 6.31. The predicted octanol–water partition coefficient (Wildman–Crippen LogP) is 5.93. The van der Waals surface area contributed by atoms with E-state index < -0.39 is 29.2 Å². The van der Waals surface area contributed by atoms with Crippen LogP contribution in [0.3, 0.4) is 0 Å². The van der Waals surface area contributed by atoms with Crippen molar-refractivity contribution in [3.05, 3.63) is 106 Å². The molecule has 0 fully saturated rings. The minimum atomic E-state index is -1.29. The van der Waals surface area contributed by atoms with Gasteiger partial charge in [0.25, 0.3) is 0 Å².